The molecule has 5 heteroatoms. The Morgan fingerprint density at radius 3 is 3.00 bits per heavy atom. The third-order valence-electron chi connectivity index (χ3n) is 4.72. The van der Waals surface area contributed by atoms with Gasteiger partial charge >= 0.3 is 0 Å². The largest absolute Gasteiger partial charge is 0.748 e. The van der Waals surface area contributed by atoms with Gasteiger partial charge in [-0.2, -0.15) is 5.34 Å². The number of hydrogen-bond donors (Lipinski definition) is 1. The van der Waals surface area contributed by atoms with Gasteiger partial charge in [-0.15, -0.1) is 0 Å². The number of rotatable bonds is 1. The molecule has 0 radical (unpaired) electrons. The first kappa shape index (κ1) is 12.3. The molecule has 0 amide bonds. The van der Waals surface area contributed by atoms with Crippen LogP contribution in [0.1, 0.15) is 35.7 Å². The lowest BCUT2D eigenvalue weighted by atomic mass is 9.90. The molecular weight excluding hydrogens is 254 g/mol. The van der Waals surface area contributed by atoms with Crippen molar-refractivity contribution in [3.05, 3.63) is 40.2 Å². The predicted octanol–water partition coefficient (Wildman–Crippen LogP) is 2.75. The minimum absolute atomic E-state index is 0.0164. The predicted molar refractivity (Wildman–Crippen MR) is 76.1 cm³/mol. The zero-order valence-electron chi connectivity index (χ0n) is 11.5. The van der Waals surface area contributed by atoms with Crippen molar-refractivity contribution in [2.75, 3.05) is 6.54 Å². The normalized spacial score (nSPS) is 22.5. The smallest absolute Gasteiger partial charge is 0.0663 e. The van der Waals surface area contributed by atoms with Gasteiger partial charge < -0.3 is 15.0 Å². The number of hydrazine groups is 1. The fourth-order valence-electron chi connectivity index (χ4n) is 3.90. The summed E-state index contributed by atoms with van der Waals surface area (Å²) in [4.78, 5) is 0. The molecular formula is C15H18N3O2-. The zero-order chi connectivity index (χ0) is 13.9. The number of aromatic nitrogens is 1. The second-order valence-corrected chi connectivity index (χ2v) is 5.86. The topological polar surface area (TPSA) is 54.7 Å². The van der Waals surface area contributed by atoms with E-state index in [1.165, 1.54) is 27.7 Å². The molecule has 1 aliphatic carbocycles. The standard InChI is InChI=1S/C15H18N3O2/c1-10-5-6-13-12(9-10)11-3-2-4-14-15(11)16(13)7-8-17(14)18(19)20/h5-6,9,14,19H,2-4,7-8H2,1H3/q-1/t14-/m1/s1. The molecule has 1 aromatic carbocycles. The van der Waals surface area contributed by atoms with Gasteiger partial charge in [0.15, 0.2) is 0 Å². The van der Waals surface area contributed by atoms with Crippen LogP contribution >= 0.6 is 0 Å². The third-order valence-corrected chi connectivity index (χ3v) is 4.72. The van der Waals surface area contributed by atoms with E-state index in [0.717, 1.165) is 25.8 Å². The quantitative estimate of drug-likeness (QED) is 0.811. The monoisotopic (exact) mass is 272 g/mol. The van der Waals surface area contributed by atoms with Crippen LogP contribution < -0.4 is 0 Å². The van der Waals surface area contributed by atoms with E-state index in [2.05, 4.69) is 29.7 Å². The molecule has 0 saturated carbocycles. The van der Waals surface area contributed by atoms with E-state index in [1.807, 2.05) is 0 Å². The minimum atomic E-state index is 0.0164. The second kappa shape index (κ2) is 4.30. The molecule has 5 nitrogen and oxygen atoms in total. The Balaban J connectivity index is 1.98. The first-order valence-electron chi connectivity index (χ1n) is 7.21. The number of aryl methyl sites for hydroxylation is 2. The molecule has 0 saturated heterocycles. The average Bonchev–Trinajstić information content (AvgIpc) is 2.75. The number of fused-ring (bicyclic) bond motifs is 3. The molecule has 1 N–H and O–H groups in total. The molecule has 0 fully saturated rings. The van der Waals surface area contributed by atoms with Crippen LogP contribution in [-0.4, -0.2) is 26.7 Å². The Hall–Kier alpha value is -1.40. The molecule has 0 spiro atoms. The summed E-state index contributed by atoms with van der Waals surface area (Å²) < 4.78 is 2.34. The van der Waals surface area contributed by atoms with E-state index < -0.39 is 0 Å². The highest BCUT2D eigenvalue weighted by Gasteiger charge is 2.35. The van der Waals surface area contributed by atoms with Gasteiger partial charge in [0.25, 0.3) is 0 Å². The van der Waals surface area contributed by atoms with Gasteiger partial charge in [-0.3, -0.25) is 0 Å². The van der Waals surface area contributed by atoms with E-state index in [9.17, 15) is 10.4 Å². The van der Waals surface area contributed by atoms with Crippen LogP contribution in [0.3, 0.4) is 0 Å². The Morgan fingerprint density at radius 1 is 1.35 bits per heavy atom. The Bertz CT molecular complexity index is 677. The van der Waals surface area contributed by atoms with Crippen molar-refractivity contribution in [1.82, 2.24) is 14.9 Å². The lowest BCUT2D eigenvalue weighted by Gasteiger charge is -2.45. The summed E-state index contributed by atoms with van der Waals surface area (Å²) in [5.74, 6) is 0. The number of benzene rings is 1. The van der Waals surface area contributed by atoms with Crippen molar-refractivity contribution in [3.8, 4) is 0 Å². The van der Waals surface area contributed by atoms with Gasteiger partial charge in [0.1, 0.15) is 0 Å². The molecule has 1 atom stereocenters. The van der Waals surface area contributed by atoms with Crippen LogP contribution in [0.2, 0.25) is 0 Å². The fourth-order valence-corrected chi connectivity index (χ4v) is 3.90. The summed E-state index contributed by atoms with van der Waals surface area (Å²) in [6.07, 6.45) is 3.06. The van der Waals surface area contributed by atoms with E-state index in [4.69, 9.17) is 0 Å². The SMILES string of the molecule is Cc1ccc2c(c1)c1c3n2CCN(N([O-])O)[C@@H]3CCC1. The van der Waals surface area contributed by atoms with Crippen molar-refractivity contribution in [3.63, 3.8) is 0 Å². The van der Waals surface area contributed by atoms with Gasteiger partial charge in [0, 0.05) is 29.7 Å². The van der Waals surface area contributed by atoms with Crippen LogP contribution in [0, 0.1) is 12.1 Å². The summed E-state index contributed by atoms with van der Waals surface area (Å²) in [6, 6.07) is 6.59. The average molecular weight is 272 g/mol. The van der Waals surface area contributed by atoms with Crippen LogP contribution in [0.4, 0.5) is 0 Å². The van der Waals surface area contributed by atoms with Crippen LogP contribution in [0.15, 0.2) is 18.2 Å². The number of hydrogen-bond acceptors (Lipinski definition) is 4. The Morgan fingerprint density at radius 2 is 2.20 bits per heavy atom. The molecule has 1 aliphatic heterocycles. The molecule has 0 bridgehead atoms. The first-order chi connectivity index (χ1) is 9.66. The molecule has 106 valence electrons. The highest BCUT2D eigenvalue weighted by atomic mass is 16.8. The maximum Gasteiger partial charge on any atom is 0.0663 e. The Kier molecular flexibility index (Phi) is 2.65. The maximum absolute atomic E-state index is 11.4. The number of nitrogens with zero attached hydrogens (tertiary/aromatic N) is 3. The summed E-state index contributed by atoms with van der Waals surface area (Å²) in [5.41, 5.74) is 5.13. The summed E-state index contributed by atoms with van der Waals surface area (Å²) in [6.45, 7) is 3.43. The summed E-state index contributed by atoms with van der Waals surface area (Å²) >= 11 is 0. The zero-order valence-corrected chi connectivity index (χ0v) is 11.5. The van der Waals surface area contributed by atoms with E-state index in [0.29, 0.717) is 6.54 Å². The fraction of sp³-hybridized carbons (Fsp3) is 0.467. The van der Waals surface area contributed by atoms with Crippen LogP contribution in [0.5, 0.6) is 0 Å². The van der Waals surface area contributed by atoms with Crippen LogP contribution in [0.25, 0.3) is 10.9 Å². The lowest BCUT2D eigenvalue weighted by Crippen LogP contribution is -2.46. The minimum Gasteiger partial charge on any atom is -0.748 e. The van der Waals surface area contributed by atoms with Crippen molar-refractivity contribution in [2.45, 2.75) is 38.8 Å². The molecule has 2 heterocycles. The van der Waals surface area contributed by atoms with Crippen molar-refractivity contribution >= 4 is 10.9 Å². The van der Waals surface area contributed by atoms with E-state index >= 15 is 0 Å². The molecule has 1 aromatic heterocycles. The molecule has 4 rings (SSSR count). The second-order valence-electron chi connectivity index (χ2n) is 5.86. The maximum atomic E-state index is 11.4. The molecule has 2 aliphatic rings. The first-order valence-corrected chi connectivity index (χ1v) is 7.21. The van der Waals surface area contributed by atoms with E-state index in [1.54, 1.807) is 5.01 Å². The van der Waals surface area contributed by atoms with Gasteiger partial charge in [-0.25, -0.2) is 5.01 Å². The third kappa shape index (κ3) is 1.58. The molecule has 20 heavy (non-hydrogen) atoms. The highest BCUT2D eigenvalue weighted by Crippen LogP contribution is 2.42. The van der Waals surface area contributed by atoms with E-state index in [-0.39, 0.29) is 11.4 Å². The highest BCUT2D eigenvalue weighted by molar-refractivity contribution is 5.87. The van der Waals surface area contributed by atoms with Gasteiger partial charge in [-0.1, -0.05) is 11.6 Å². The van der Waals surface area contributed by atoms with Crippen molar-refractivity contribution in [2.24, 2.45) is 0 Å². The summed E-state index contributed by atoms with van der Waals surface area (Å²) in [5, 5.41) is 23.6. The van der Waals surface area contributed by atoms with Crippen molar-refractivity contribution in [1.29, 1.82) is 0 Å². The molecule has 0 unspecified atom stereocenters. The lowest BCUT2D eigenvalue weighted by molar-refractivity contribution is -0.233. The van der Waals surface area contributed by atoms with Crippen molar-refractivity contribution < 1.29 is 5.21 Å². The van der Waals surface area contributed by atoms with Gasteiger partial charge in [0.05, 0.1) is 6.04 Å². The summed E-state index contributed by atoms with van der Waals surface area (Å²) in [7, 11) is 0. The van der Waals surface area contributed by atoms with Crippen LogP contribution in [-0.2, 0) is 13.0 Å². The van der Waals surface area contributed by atoms with Gasteiger partial charge in [-0.05, 0) is 43.9 Å². The molecule has 2 aromatic rings. The Labute approximate surface area is 117 Å². The van der Waals surface area contributed by atoms with Gasteiger partial charge in [0.2, 0.25) is 0 Å².